The van der Waals surface area contributed by atoms with Gasteiger partial charge in [0.15, 0.2) is 11.0 Å². The molecule has 0 spiro atoms. The van der Waals surface area contributed by atoms with Gasteiger partial charge in [-0.2, -0.15) is 0 Å². The first-order chi connectivity index (χ1) is 14.1. The highest BCUT2D eigenvalue weighted by Crippen LogP contribution is 2.32. The fourth-order valence-electron chi connectivity index (χ4n) is 3.78. The molecule has 2 aromatic carbocycles. The van der Waals surface area contributed by atoms with Crippen LogP contribution in [0.3, 0.4) is 0 Å². The van der Waals surface area contributed by atoms with Gasteiger partial charge in [-0.3, -0.25) is 4.79 Å². The van der Waals surface area contributed by atoms with Gasteiger partial charge in [-0.1, -0.05) is 42.1 Å². The van der Waals surface area contributed by atoms with E-state index in [2.05, 4.69) is 10.2 Å². The molecule has 4 rings (SSSR count). The van der Waals surface area contributed by atoms with Gasteiger partial charge in [-0.05, 0) is 50.5 Å². The van der Waals surface area contributed by atoms with E-state index in [1.165, 1.54) is 23.9 Å². The van der Waals surface area contributed by atoms with Crippen LogP contribution in [-0.2, 0) is 17.8 Å². The molecule has 150 valence electrons. The Hall–Kier alpha value is -2.67. The van der Waals surface area contributed by atoms with Gasteiger partial charge in [-0.25, -0.2) is 4.39 Å². The van der Waals surface area contributed by atoms with Crippen molar-refractivity contribution in [2.24, 2.45) is 0 Å². The summed E-state index contributed by atoms with van der Waals surface area (Å²) >= 11 is 1.39. The highest BCUT2D eigenvalue weighted by Gasteiger charge is 2.29. The molecule has 2 heterocycles. The van der Waals surface area contributed by atoms with Crippen LogP contribution >= 0.6 is 11.8 Å². The molecule has 1 amide bonds. The largest absolute Gasteiger partial charge is 0.309 e. The normalized spacial score (nSPS) is 16.0. The Balaban J connectivity index is 1.53. The zero-order chi connectivity index (χ0) is 20.4. The first kappa shape index (κ1) is 19.6. The van der Waals surface area contributed by atoms with Crippen LogP contribution in [0.2, 0.25) is 0 Å². The number of halogens is 1. The number of rotatable bonds is 5. The van der Waals surface area contributed by atoms with Crippen molar-refractivity contribution in [1.82, 2.24) is 14.8 Å². The molecule has 0 radical (unpaired) electrons. The van der Waals surface area contributed by atoms with E-state index in [9.17, 15) is 9.18 Å². The Kier molecular flexibility index (Phi) is 5.67. The van der Waals surface area contributed by atoms with Gasteiger partial charge in [-0.15, -0.1) is 10.2 Å². The molecule has 0 N–H and O–H groups in total. The van der Waals surface area contributed by atoms with Gasteiger partial charge < -0.3 is 9.47 Å². The minimum Gasteiger partial charge on any atom is -0.309 e. The molecule has 0 aliphatic carbocycles. The Morgan fingerprint density at radius 3 is 2.76 bits per heavy atom. The third-order valence-electron chi connectivity index (χ3n) is 5.23. The quantitative estimate of drug-likeness (QED) is 0.579. The number of anilines is 1. The first-order valence-electron chi connectivity index (χ1n) is 9.80. The molecule has 1 aliphatic rings. The predicted molar refractivity (Wildman–Crippen MR) is 114 cm³/mol. The van der Waals surface area contributed by atoms with Crippen LogP contribution in [0.4, 0.5) is 10.1 Å². The molecule has 29 heavy (non-hydrogen) atoms. The van der Waals surface area contributed by atoms with Crippen LogP contribution in [0.25, 0.3) is 11.4 Å². The Labute approximate surface area is 173 Å². The summed E-state index contributed by atoms with van der Waals surface area (Å²) in [7, 11) is 0. The average Bonchev–Trinajstić information content (AvgIpc) is 3.15. The lowest BCUT2D eigenvalue weighted by Gasteiger charge is -2.35. The molecule has 0 bridgehead atoms. The van der Waals surface area contributed by atoms with Crippen molar-refractivity contribution in [3.05, 3.63) is 59.9 Å². The smallest absolute Gasteiger partial charge is 0.237 e. The van der Waals surface area contributed by atoms with E-state index < -0.39 is 0 Å². The number of benzene rings is 2. The maximum absolute atomic E-state index is 13.6. The van der Waals surface area contributed by atoms with Crippen molar-refractivity contribution < 1.29 is 9.18 Å². The number of aryl methyl sites for hydroxylation is 1. The fraction of sp³-hybridized carbons (Fsp3) is 0.318. The van der Waals surface area contributed by atoms with Crippen molar-refractivity contribution in [3.63, 3.8) is 0 Å². The molecule has 1 atom stereocenters. The van der Waals surface area contributed by atoms with E-state index >= 15 is 0 Å². The first-order valence-corrected chi connectivity index (χ1v) is 10.8. The second kappa shape index (κ2) is 8.37. The number of amides is 1. The van der Waals surface area contributed by atoms with E-state index in [0.29, 0.717) is 0 Å². The van der Waals surface area contributed by atoms with Gasteiger partial charge in [0, 0.05) is 23.8 Å². The monoisotopic (exact) mass is 410 g/mol. The number of fused-ring (bicyclic) bond motifs is 1. The summed E-state index contributed by atoms with van der Waals surface area (Å²) in [6.45, 7) is 4.80. The van der Waals surface area contributed by atoms with Crippen molar-refractivity contribution in [3.8, 4) is 11.4 Å². The summed E-state index contributed by atoms with van der Waals surface area (Å²) in [5.74, 6) is 0.801. The van der Waals surface area contributed by atoms with Gasteiger partial charge in [0.05, 0.1) is 5.75 Å². The van der Waals surface area contributed by atoms with E-state index in [0.717, 1.165) is 47.2 Å². The van der Waals surface area contributed by atoms with Crippen molar-refractivity contribution in [2.45, 2.75) is 44.4 Å². The lowest BCUT2D eigenvalue weighted by molar-refractivity contribution is -0.116. The lowest BCUT2D eigenvalue weighted by Crippen LogP contribution is -2.43. The summed E-state index contributed by atoms with van der Waals surface area (Å²) < 4.78 is 15.6. The number of hydrogen-bond acceptors (Lipinski definition) is 4. The Bertz CT molecular complexity index is 1020. The summed E-state index contributed by atoms with van der Waals surface area (Å²) in [4.78, 5) is 14.9. The van der Waals surface area contributed by atoms with E-state index in [1.54, 1.807) is 11.0 Å². The number of aromatic nitrogens is 3. The van der Waals surface area contributed by atoms with Crippen molar-refractivity contribution in [2.75, 3.05) is 10.7 Å². The highest BCUT2D eigenvalue weighted by atomic mass is 32.2. The van der Waals surface area contributed by atoms with Gasteiger partial charge in [0.2, 0.25) is 5.91 Å². The molecule has 0 saturated carbocycles. The van der Waals surface area contributed by atoms with Crippen LogP contribution in [0.5, 0.6) is 0 Å². The maximum atomic E-state index is 13.6. The number of carbonyl (C=O) groups is 1. The number of thioether (sulfide) groups is 1. The fourth-order valence-corrected chi connectivity index (χ4v) is 4.64. The Morgan fingerprint density at radius 2 is 2.00 bits per heavy atom. The molecule has 7 heteroatoms. The lowest BCUT2D eigenvalue weighted by atomic mass is 9.96. The van der Waals surface area contributed by atoms with E-state index in [4.69, 9.17) is 0 Å². The molecular formula is C22H23FN4OS. The standard InChI is InChI=1S/C22H23FN4OS/c1-3-26-21(16-7-5-4-6-8-16)24-25-22(26)29-14-20(28)27-15(2)9-10-17-13-18(23)11-12-19(17)27/h4-8,11-13,15H,3,9-10,14H2,1-2H3. The van der Waals surface area contributed by atoms with Gasteiger partial charge in [0.25, 0.3) is 0 Å². The minimum atomic E-state index is -0.260. The molecular weight excluding hydrogens is 387 g/mol. The SMILES string of the molecule is CCn1c(SCC(=O)N2c3ccc(F)cc3CCC2C)nnc1-c1ccccc1. The topological polar surface area (TPSA) is 51.0 Å². The van der Waals surface area contributed by atoms with Crippen LogP contribution < -0.4 is 4.90 Å². The summed E-state index contributed by atoms with van der Waals surface area (Å²) in [6, 6.07) is 14.7. The number of carbonyl (C=O) groups excluding carboxylic acids is 1. The molecule has 5 nitrogen and oxygen atoms in total. The third kappa shape index (κ3) is 3.92. The second-order valence-electron chi connectivity index (χ2n) is 7.13. The average molecular weight is 411 g/mol. The third-order valence-corrected chi connectivity index (χ3v) is 6.18. The van der Waals surface area contributed by atoms with Crippen LogP contribution in [-0.4, -0.2) is 32.5 Å². The molecule has 0 fully saturated rings. The van der Waals surface area contributed by atoms with Gasteiger partial charge >= 0.3 is 0 Å². The number of nitrogens with zero attached hydrogens (tertiary/aromatic N) is 4. The van der Waals surface area contributed by atoms with E-state index in [1.807, 2.05) is 48.7 Å². The molecule has 3 aromatic rings. The predicted octanol–water partition coefficient (Wildman–Crippen LogP) is 4.56. The summed E-state index contributed by atoms with van der Waals surface area (Å²) in [6.07, 6.45) is 1.62. The van der Waals surface area contributed by atoms with Crippen molar-refractivity contribution in [1.29, 1.82) is 0 Å². The van der Waals surface area contributed by atoms with Crippen LogP contribution in [0, 0.1) is 5.82 Å². The Morgan fingerprint density at radius 1 is 1.21 bits per heavy atom. The molecule has 1 unspecified atom stereocenters. The highest BCUT2D eigenvalue weighted by molar-refractivity contribution is 7.99. The summed E-state index contributed by atoms with van der Waals surface area (Å²) in [5.41, 5.74) is 2.71. The minimum absolute atomic E-state index is 0.00183. The van der Waals surface area contributed by atoms with Gasteiger partial charge in [0.1, 0.15) is 5.82 Å². The van der Waals surface area contributed by atoms with Crippen molar-refractivity contribution >= 4 is 23.4 Å². The zero-order valence-electron chi connectivity index (χ0n) is 16.5. The maximum Gasteiger partial charge on any atom is 0.237 e. The number of hydrogen-bond donors (Lipinski definition) is 0. The van der Waals surface area contributed by atoms with Crippen LogP contribution in [0.15, 0.2) is 53.7 Å². The second-order valence-corrected chi connectivity index (χ2v) is 8.07. The molecule has 1 aromatic heterocycles. The zero-order valence-corrected chi connectivity index (χ0v) is 17.3. The molecule has 0 saturated heterocycles. The molecule has 1 aliphatic heterocycles. The summed E-state index contributed by atoms with van der Waals surface area (Å²) in [5, 5.41) is 9.37. The van der Waals surface area contributed by atoms with Crippen LogP contribution in [0.1, 0.15) is 25.8 Å². The van der Waals surface area contributed by atoms with E-state index in [-0.39, 0.29) is 23.5 Å².